The number of aromatic nitrogens is 2. The summed E-state index contributed by atoms with van der Waals surface area (Å²) in [6.45, 7) is 0. The van der Waals surface area contributed by atoms with Crippen LogP contribution in [0.2, 0.25) is 0 Å². The van der Waals surface area contributed by atoms with E-state index in [1.807, 2.05) is 0 Å². The van der Waals surface area contributed by atoms with E-state index < -0.39 is 17.7 Å². The second kappa shape index (κ2) is 5.29. The molecule has 0 bridgehead atoms. The van der Waals surface area contributed by atoms with Crippen LogP contribution in [0.4, 0.5) is 23.8 Å². The van der Waals surface area contributed by atoms with E-state index in [2.05, 4.69) is 10.4 Å². The average molecular weight is 325 g/mol. The van der Waals surface area contributed by atoms with E-state index >= 15 is 0 Å². The maximum Gasteiger partial charge on any atom is 0.418 e. The molecule has 1 amide bonds. The molecule has 2 aromatic rings. The second-order valence-corrected chi connectivity index (χ2v) is 5.45. The zero-order valence-corrected chi connectivity index (χ0v) is 12.2. The highest BCUT2D eigenvalue weighted by atomic mass is 19.4. The normalized spacial score (nSPS) is 16.0. The maximum atomic E-state index is 13.2. The largest absolute Gasteiger partial charge is 0.418 e. The number of alkyl halides is 3. The van der Waals surface area contributed by atoms with E-state index in [-0.39, 0.29) is 24.4 Å². The van der Waals surface area contributed by atoms with Crippen LogP contribution in [0.1, 0.15) is 18.5 Å². The zero-order valence-electron chi connectivity index (χ0n) is 12.2. The van der Waals surface area contributed by atoms with Crippen molar-refractivity contribution in [1.29, 1.82) is 0 Å². The molecule has 122 valence electrons. The van der Waals surface area contributed by atoms with E-state index in [1.54, 1.807) is 30.3 Å². The van der Waals surface area contributed by atoms with Gasteiger partial charge in [0.05, 0.1) is 5.69 Å². The number of rotatable bonds is 3. The number of amides is 1. The lowest BCUT2D eigenvalue weighted by atomic mass is 10.0. The third kappa shape index (κ3) is 2.88. The molecular formula is C15H14F3N3O2. The Kier molecular flexibility index (Phi) is 3.54. The van der Waals surface area contributed by atoms with E-state index in [0.717, 1.165) is 4.68 Å². The van der Waals surface area contributed by atoms with Crippen molar-refractivity contribution in [3.63, 3.8) is 0 Å². The summed E-state index contributed by atoms with van der Waals surface area (Å²) in [7, 11) is 1.43. The minimum atomic E-state index is -4.33. The number of para-hydroxylation sites is 1. The molecule has 1 aliphatic rings. The predicted molar refractivity (Wildman–Crippen MR) is 76.3 cm³/mol. The number of aryl methyl sites for hydroxylation is 1. The molecule has 1 N–H and O–H groups in total. The van der Waals surface area contributed by atoms with Gasteiger partial charge in [0.25, 0.3) is 0 Å². The van der Waals surface area contributed by atoms with Crippen molar-refractivity contribution in [2.75, 3.05) is 5.32 Å². The van der Waals surface area contributed by atoms with Gasteiger partial charge in [-0.1, -0.05) is 18.2 Å². The average Bonchev–Trinajstić information content (AvgIpc) is 3.20. The van der Waals surface area contributed by atoms with E-state index in [0.29, 0.717) is 5.75 Å². The highest BCUT2D eigenvalue weighted by Gasteiger charge is 2.65. The first-order valence-electron chi connectivity index (χ1n) is 6.97. The molecule has 1 heterocycles. The molecule has 5 nitrogen and oxygen atoms in total. The van der Waals surface area contributed by atoms with Crippen LogP contribution in [0.3, 0.4) is 0 Å². The summed E-state index contributed by atoms with van der Waals surface area (Å²) in [5, 5.41) is 6.26. The fraction of sp³-hybridized carbons (Fsp3) is 0.333. The first kappa shape index (κ1) is 15.4. The quantitative estimate of drug-likeness (QED) is 0.937. The highest BCUT2D eigenvalue weighted by molar-refractivity contribution is 5.85. The Balaban J connectivity index is 1.73. The molecule has 1 saturated carbocycles. The van der Waals surface area contributed by atoms with Crippen molar-refractivity contribution < 1.29 is 22.7 Å². The molecule has 23 heavy (non-hydrogen) atoms. The first-order valence-corrected chi connectivity index (χ1v) is 6.97. The molecular weight excluding hydrogens is 311 g/mol. The molecule has 0 atom stereocenters. The number of anilines is 1. The van der Waals surface area contributed by atoms with Crippen molar-refractivity contribution in [2.24, 2.45) is 7.05 Å². The Bertz CT molecular complexity index is 721. The van der Waals surface area contributed by atoms with Crippen LogP contribution in [0.5, 0.6) is 5.75 Å². The molecule has 0 radical (unpaired) electrons. The van der Waals surface area contributed by atoms with E-state index in [1.165, 1.54) is 13.1 Å². The molecule has 1 aromatic heterocycles. The summed E-state index contributed by atoms with van der Waals surface area (Å²) in [5.74, 6) is 0.356. The Morgan fingerprint density at radius 2 is 1.96 bits per heavy atom. The maximum absolute atomic E-state index is 13.2. The van der Waals surface area contributed by atoms with E-state index in [9.17, 15) is 18.0 Å². The fourth-order valence-corrected chi connectivity index (χ4v) is 2.51. The smallest absolute Gasteiger partial charge is 0.410 e. The number of carbonyl (C=O) groups excluding carboxylic acids is 1. The first-order chi connectivity index (χ1) is 10.8. The van der Waals surface area contributed by atoms with Gasteiger partial charge < -0.3 is 4.74 Å². The molecule has 1 aliphatic carbocycles. The summed E-state index contributed by atoms with van der Waals surface area (Å²) >= 11 is 0. The van der Waals surface area contributed by atoms with Crippen LogP contribution in [0.15, 0.2) is 36.4 Å². The van der Waals surface area contributed by atoms with Gasteiger partial charge in [0.1, 0.15) is 11.2 Å². The minimum Gasteiger partial charge on any atom is -0.410 e. The summed E-state index contributed by atoms with van der Waals surface area (Å²) in [6, 6.07) is 9.58. The monoisotopic (exact) mass is 325 g/mol. The SMILES string of the molecule is Cn1nc(NC(=O)Oc2ccccc2)cc1C1(C(F)(F)F)CC1. The lowest BCUT2D eigenvalue weighted by Crippen LogP contribution is -2.30. The van der Waals surface area contributed by atoms with Crippen LogP contribution < -0.4 is 10.1 Å². The van der Waals surface area contributed by atoms with Gasteiger partial charge in [0, 0.05) is 13.1 Å². The van der Waals surface area contributed by atoms with Crippen LogP contribution >= 0.6 is 0 Å². The van der Waals surface area contributed by atoms with Crippen molar-refractivity contribution in [3.05, 3.63) is 42.1 Å². The molecule has 8 heteroatoms. The Labute approximate surface area is 130 Å². The number of ether oxygens (including phenoxy) is 1. The minimum absolute atomic E-state index is 0.0268. The Hall–Kier alpha value is -2.51. The second-order valence-electron chi connectivity index (χ2n) is 5.45. The number of nitrogens with zero attached hydrogens (tertiary/aromatic N) is 2. The predicted octanol–water partition coefficient (Wildman–Crippen LogP) is 3.62. The number of carbonyl (C=O) groups is 1. The third-order valence-corrected chi connectivity index (χ3v) is 3.85. The summed E-state index contributed by atoms with van der Waals surface area (Å²) < 4.78 is 45.7. The number of hydrogen-bond donors (Lipinski definition) is 1. The number of benzene rings is 1. The van der Waals surface area contributed by atoms with Crippen molar-refractivity contribution in [3.8, 4) is 5.75 Å². The van der Waals surface area contributed by atoms with Gasteiger partial charge in [-0.25, -0.2) is 4.79 Å². The molecule has 0 saturated heterocycles. The standard InChI is InChI=1S/C15H14F3N3O2/c1-21-11(14(7-8-14)15(16,17)18)9-12(20-21)19-13(22)23-10-5-3-2-4-6-10/h2-6,9H,7-8H2,1H3,(H,19,20,22). The molecule has 0 aliphatic heterocycles. The van der Waals surface area contributed by atoms with E-state index in [4.69, 9.17) is 4.74 Å². The number of nitrogens with one attached hydrogen (secondary N) is 1. The van der Waals surface area contributed by atoms with Crippen molar-refractivity contribution >= 4 is 11.9 Å². The van der Waals surface area contributed by atoms with Gasteiger partial charge in [-0.2, -0.15) is 18.3 Å². The van der Waals surface area contributed by atoms with Gasteiger partial charge in [-0.15, -0.1) is 0 Å². The van der Waals surface area contributed by atoms with Gasteiger partial charge in [0.15, 0.2) is 5.82 Å². The summed E-state index contributed by atoms with van der Waals surface area (Å²) in [6.07, 6.45) is -5.08. The zero-order chi connectivity index (χ0) is 16.7. The summed E-state index contributed by atoms with van der Waals surface area (Å²) in [4.78, 5) is 11.8. The molecule has 3 rings (SSSR count). The van der Waals surface area contributed by atoms with Gasteiger partial charge in [-0.3, -0.25) is 10.00 Å². The van der Waals surface area contributed by atoms with Gasteiger partial charge >= 0.3 is 12.3 Å². The Morgan fingerprint density at radius 3 is 2.52 bits per heavy atom. The number of halogens is 3. The number of hydrogen-bond acceptors (Lipinski definition) is 3. The fourth-order valence-electron chi connectivity index (χ4n) is 2.51. The Morgan fingerprint density at radius 1 is 1.30 bits per heavy atom. The van der Waals surface area contributed by atoms with Crippen molar-refractivity contribution in [2.45, 2.75) is 24.4 Å². The van der Waals surface area contributed by atoms with Gasteiger partial charge in [0.2, 0.25) is 0 Å². The molecule has 1 aromatic carbocycles. The molecule has 0 unspecified atom stereocenters. The van der Waals surface area contributed by atoms with Crippen LogP contribution in [0.25, 0.3) is 0 Å². The molecule has 0 spiro atoms. The lowest BCUT2D eigenvalue weighted by molar-refractivity contribution is -0.162. The molecule has 1 fully saturated rings. The van der Waals surface area contributed by atoms with Gasteiger partial charge in [-0.05, 0) is 25.0 Å². The van der Waals surface area contributed by atoms with Crippen molar-refractivity contribution in [1.82, 2.24) is 9.78 Å². The lowest BCUT2D eigenvalue weighted by Gasteiger charge is -2.18. The van der Waals surface area contributed by atoms with Crippen LogP contribution in [-0.4, -0.2) is 22.1 Å². The summed E-state index contributed by atoms with van der Waals surface area (Å²) in [5.41, 5.74) is -1.81. The topological polar surface area (TPSA) is 56.2 Å². The van der Waals surface area contributed by atoms with Crippen LogP contribution in [0, 0.1) is 0 Å². The third-order valence-electron chi connectivity index (χ3n) is 3.85. The van der Waals surface area contributed by atoms with Crippen LogP contribution in [-0.2, 0) is 12.5 Å². The highest BCUT2D eigenvalue weighted by Crippen LogP contribution is 2.58.